The number of thioether (sulfide) groups is 1. The highest BCUT2D eigenvalue weighted by Crippen LogP contribution is 2.28. The van der Waals surface area contributed by atoms with Crippen LogP contribution in [0, 0.1) is 11.6 Å². The first-order valence-corrected chi connectivity index (χ1v) is 7.77. The Morgan fingerprint density at radius 2 is 1.95 bits per heavy atom. The quantitative estimate of drug-likeness (QED) is 0.808. The Kier molecular flexibility index (Phi) is 5.37. The SMILES string of the molecule is O=C(CSC1CCCCC1)Cc1ccc(F)cc1F. The van der Waals surface area contributed by atoms with E-state index in [0.29, 0.717) is 11.0 Å². The molecule has 0 saturated heterocycles. The second-order valence-corrected chi connectivity index (χ2v) is 6.31. The molecule has 0 unspecified atom stereocenters. The van der Waals surface area contributed by atoms with Gasteiger partial charge in [0.2, 0.25) is 0 Å². The Bertz CT molecular complexity index is 442. The highest BCUT2D eigenvalue weighted by atomic mass is 32.2. The van der Waals surface area contributed by atoms with E-state index in [1.807, 2.05) is 0 Å². The molecule has 1 nitrogen and oxygen atoms in total. The van der Waals surface area contributed by atoms with E-state index in [0.717, 1.165) is 6.07 Å². The molecule has 1 saturated carbocycles. The monoisotopic (exact) mass is 284 g/mol. The Balaban J connectivity index is 1.80. The molecule has 0 aromatic heterocycles. The second-order valence-electron chi connectivity index (χ2n) is 5.02. The second kappa shape index (κ2) is 7.04. The van der Waals surface area contributed by atoms with Crippen molar-refractivity contribution in [2.45, 2.75) is 43.8 Å². The van der Waals surface area contributed by atoms with Crippen LogP contribution in [0.3, 0.4) is 0 Å². The van der Waals surface area contributed by atoms with E-state index in [4.69, 9.17) is 0 Å². The zero-order valence-electron chi connectivity index (χ0n) is 10.8. The summed E-state index contributed by atoms with van der Waals surface area (Å²) in [6, 6.07) is 3.38. The zero-order chi connectivity index (χ0) is 13.7. The highest BCUT2D eigenvalue weighted by Gasteiger charge is 2.16. The van der Waals surface area contributed by atoms with Gasteiger partial charge in [0, 0.05) is 17.7 Å². The molecule has 0 N–H and O–H groups in total. The molecule has 0 radical (unpaired) electrons. The van der Waals surface area contributed by atoms with E-state index in [2.05, 4.69) is 0 Å². The molecule has 1 aromatic rings. The summed E-state index contributed by atoms with van der Waals surface area (Å²) in [6.07, 6.45) is 6.22. The molecule has 1 aliphatic carbocycles. The first-order chi connectivity index (χ1) is 9.15. The van der Waals surface area contributed by atoms with Gasteiger partial charge < -0.3 is 0 Å². The van der Waals surface area contributed by atoms with Crippen LogP contribution >= 0.6 is 11.8 Å². The molecule has 0 amide bonds. The third-order valence-electron chi connectivity index (χ3n) is 3.43. The number of hydrogen-bond acceptors (Lipinski definition) is 2. The van der Waals surface area contributed by atoms with Crippen molar-refractivity contribution in [3.05, 3.63) is 35.4 Å². The lowest BCUT2D eigenvalue weighted by atomic mass is 10.0. The van der Waals surface area contributed by atoms with Gasteiger partial charge in [-0.2, -0.15) is 11.8 Å². The summed E-state index contributed by atoms with van der Waals surface area (Å²) < 4.78 is 26.2. The topological polar surface area (TPSA) is 17.1 Å². The van der Waals surface area contributed by atoms with Crippen molar-refractivity contribution in [2.24, 2.45) is 0 Å². The van der Waals surface area contributed by atoms with Crippen molar-refractivity contribution >= 4 is 17.5 Å². The van der Waals surface area contributed by atoms with Crippen LogP contribution in [0.15, 0.2) is 18.2 Å². The summed E-state index contributed by atoms with van der Waals surface area (Å²) in [4.78, 5) is 11.8. The van der Waals surface area contributed by atoms with Crippen molar-refractivity contribution < 1.29 is 13.6 Å². The molecule has 0 spiro atoms. The van der Waals surface area contributed by atoms with Crippen molar-refractivity contribution in [2.75, 3.05) is 5.75 Å². The highest BCUT2D eigenvalue weighted by molar-refractivity contribution is 8.00. The molecule has 0 atom stereocenters. The van der Waals surface area contributed by atoms with Crippen LogP contribution in [0.25, 0.3) is 0 Å². The summed E-state index contributed by atoms with van der Waals surface area (Å²) in [5, 5.41) is 0.579. The zero-order valence-corrected chi connectivity index (χ0v) is 11.6. The van der Waals surface area contributed by atoms with Crippen LogP contribution in [0.4, 0.5) is 8.78 Å². The lowest BCUT2D eigenvalue weighted by Crippen LogP contribution is -2.14. The molecular formula is C15H18F2OS. The number of carbonyl (C=O) groups is 1. The summed E-state index contributed by atoms with van der Waals surface area (Å²) in [5.74, 6) is -0.788. The van der Waals surface area contributed by atoms with Gasteiger partial charge in [-0.3, -0.25) is 4.79 Å². The summed E-state index contributed by atoms with van der Waals surface area (Å²) >= 11 is 1.69. The van der Waals surface area contributed by atoms with Crippen LogP contribution < -0.4 is 0 Å². The molecule has 2 rings (SSSR count). The van der Waals surface area contributed by atoms with E-state index >= 15 is 0 Å². The van der Waals surface area contributed by atoms with Crippen LogP contribution in [0.5, 0.6) is 0 Å². The van der Waals surface area contributed by atoms with Gasteiger partial charge in [0.25, 0.3) is 0 Å². The number of ketones is 1. The van der Waals surface area contributed by atoms with Gasteiger partial charge in [0.1, 0.15) is 17.4 Å². The van der Waals surface area contributed by atoms with Crippen LogP contribution in [0.1, 0.15) is 37.7 Å². The largest absolute Gasteiger partial charge is 0.298 e. The molecule has 104 valence electrons. The molecule has 0 aliphatic heterocycles. The fourth-order valence-corrected chi connectivity index (χ4v) is 3.56. The smallest absolute Gasteiger partial charge is 0.147 e. The van der Waals surface area contributed by atoms with Gasteiger partial charge in [-0.05, 0) is 24.5 Å². The van der Waals surface area contributed by atoms with E-state index < -0.39 is 11.6 Å². The maximum absolute atomic E-state index is 13.4. The first kappa shape index (κ1) is 14.5. The average Bonchev–Trinajstić information content (AvgIpc) is 2.41. The van der Waals surface area contributed by atoms with Crippen molar-refractivity contribution in [3.63, 3.8) is 0 Å². The van der Waals surface area contributed by atoms with Crippen molar-refractivity contribution in [1.29, 1.82) is 0 Å². The number of Topliss-reactive ketones (excluding diaryl/α,β-unsaturated/α-hetero) is 1. The van der Waals surface area contributed by atoms with E-state index in [1.165, 1.54) is 44.2 Å². The van der Waals surface area contributed by atoms with Gasteiger partial charge in [0.15, 0.2) is 0 Å². The summed E-state index contributed by atoms with van der Waals surface area (Å²) in [5.41, 5.74) is 0.288. The van der Waals surface area contributed by atoms with Crippen molar-refractivity contribution in [1.82, 2.24) is 0 Å². The van der Waals surface area contributed by atoms with Crippen LogP contribution in [-0.4, -0.2) is 16.8 Å². The van der Waals surface area contributed by atoms with E-state index in [1.54, 1.807) is 11.8 Å². The predicted molar refractivity (Wildman–Crippen MR) is 74.4 cm³/mol. The minimum atomic E-state index is -0.629. The molecule has 4 heteroatoms. The minimum absolute atomic E-state index is 0.0149. The fraction of sp³-hybridized carbons (Fsp3) is 0.533. The Hall–Kier alpha value is -0.900. The number of hydrogen-bond donors (Lipinski definition) is 0. The fourth-order valence-electron chi connectivity index (χ4n) is 2.37. The number of benzene rings is 1. The van der Waals surface area contributed by atoms with Gasteiger partial charge in [-0.1, -0.05) is 25.3 Å². The Morgan fingerprint density at radius 3 is 2.63 bits per heavy atom. The molecular weight excluding hydrogens is 266 g/mol. The number of rotatable bonds is 5. The normalized spacial score (nSPS) is 16.5. The average molecular weight is 284 g/mol. The molecule has 1 aromatic carbocycles. The third-order valence-corrected chi connectivity index (χ3v) is 4.87. The van der Waals surface area contributed by atoms with Gasteiger partial charge in [0.05, 0.1) is 5.75 Å². The maximum atomic E-state index is 13.4. The maximum Gasteiger partial charge on any atom is 0.147 e. The number of halogens is 2. The number of carbonyl (C=O) groups excluding carboxylic acids is 1. The first-order valence-electron chi connectivity index (χ1n) is 6.72. The van der Waals surface area contributed by atoms with E-state index in [9.17, 15) is 13.6 Å². The minimum Gasteiger partial charge on any atom is -0.298 e. The molecule has 1 aliphatic rings. The van der Waals surface area contributed by atoms with E-state index in [-0.39, 0.29) is 17.8 Å². The van der Waals surface area contributed by atoms with Crippen LogP contribution in [0.2, 0.25) is 0 Å². The molecule has 1 fully saturated rings. The standard InChI is InChI=1S/C15H18F2OS/c16-12-7-6-11(15(17)9-12)8-13(18)10-19-14-4-2-1-3-5-14/h6-7,9,14H,1-5,8,10H2. The lowest BCUT2D eigenvalue weighted by Gasteiger charge is -2.20. The molecule has 19 heavy (non-hydrogen) atoms. The third kappa shape index (κ3) is 4.60. The van der Waals surface area contributed by atoms with Crippen molar-refractivity contribution in [3.8, 4) is 0 Å². The van der Waals surface area contributed by atoms with Gasteiger partial charge in [-0.25, -0.2) is 8.78 Å². The van der Waals surface area contributed by atoms with Gasteiger partial charge >= 0.3 is 0 Å². The Labute approximate surface area is 116 Å². The summed E-state index contributed by atoms with van der Waals surface area (Å²) in [6.45, 7) is 0. The predicted octanol–water partition coefficient (Wildman–Crippen LogP) is 4.14. The lowest BCUT2D eigenvalue weighted by molar-refractivity contribution is -0.116. The molecule has 0 bridgehead atoms. The summed E-state index contributed by atoms with van der Waals surface area (Å²) in [7, 11) is 0. The molecule has 0 heterocycles. The van der Waals surface area contributed by atoms with Crippen LogP contribution in [-0.2, 0) is 11.2 Å². The Morgan fingerprint density at radius 1 is 1.21 bits per heavy atom. The van der Waals surface area contributed by atoms with Gasteiger partial charge in [-0.15, -0.1) is 0 Å².